The summed E-state index contributed by atoms with van der Waals surface area (Å²) in [4.78, 5) is 23.0. The molecule has 2 heterocycles. The van der Waals surface area contributed by atoms with Crippen molar-refractivity contribution in [3.05, 3.63) is 17.5 Å². The van der Waals surface area contributed by atoms with Crippen LogP contribution in [0.2, 0.25) is 0 Å². The van der Waals surface area contributed by atoms with Gasteiger partial charge in [0.25, 0.3) is 10.0 Å². The molecule has 1 fully saturated rings. The van der Waals surface area contributed by atoms with E-state index >= 15 is 0 Å². The lowest BCUT2D eigenvalue weighted by molar-refractivity contribution is -0.139. The van der Waals surface area contributed by atoms with Crippen molar-refractivity contribution in [1.82, 2.24) is 14.9 Å². The third kappa shape index (κ3) is 4.28. The zero-order valence-corrected chi connectivity index (χ0v) is 14.0. The molecule has 0 unspecified atom stereocenters. The van der Waals surface area contributed by atoms with Gasteiger partial charge in [0.2, 0.25) is 0 Å². The van der Waals surface area contributed by atoms with Crippen molar-refractivity contribution < 1.29 is 23.1 Å². The maximum atomic E-state index is 12.5. The molecular weight excluding hydrogens is 342 g/mol. The summed E-state index contributed by atoms with van der Waals surface area (Å²) in [7, 11) is -3.56. The van der Waals surface area contributed by atoms with Gasteiger partial charge in [-0.1, -0.05) is 6.07 Å². The number of sulfonamides is 1. The van der Waals surface area contributed by atoms with Crippen molar-refractivity contribution in [3.8, 4) is 0 Å². The third-order valence-corrected chi connectivity index (χ3v) is 6.81. The molecule has 0 radical (unpaired) electrons. The number of hydrogen-bond acceptors (Lipinski definition) is 6. The van der Waals surface area contributed by atoms with E-state index in [0.29, 0.717) is 19.4 Å². The molecule has 0 spiro atoms. The molecule has 1 saturated heterocycles. The van der Waals surface area contributed by atoms with Gasteiger partial charge in [0.05, 0.1) is 6.61 Å². The Kier molecular flexibility index (Phi) is 6.10. The first-order valence-corrected chi connectivity index (χ1v) is 9.51. The minimum Gasteiger partial charge on any atom is -0.395 e. The van der Waals surface area contributed by atoms with E-state index in [0.717, 1.165) is 11.3 Å². The molecule has 10 heteroatoms. The maximum absolute atomic E-state index is 12.5. The highest BCUT2D eigenvalue weighted by atomic mass is 32.2. The van der Waals surface area contributed by atoms with Crippen molar-refractivity contribution in [1.29, 1.82) is 0 Å². The summed E-state index contributed by atoms with van der Waals surface area (Å²) in [5.41, 5.74) is 0. The second-order valence-corrected chi connectivity index (χ2v) is 8.10. The fourth-order valence-electron chi connectivity index (χ4n) is 2.40. The van der Waals surface area contributed by atoms with E-state index in [1.54, 1.807) is 17.5 Å². The predicted molar refractivity (Wildman–Crippen MR) is 84.3 cm³/mol. The first-order chi connectivity index (χ1) is 11.0. The highest BCUT2D eigenvalue weighted by molar-refractivity contribution is 7.91. The number of thiophene rings is 1. The number of nitrogens with one attached hydrogen (secondary N) is 2. The molecule has 1 aliphatic rings. The SMILES string of the molecule is O=C(NCCO)C(=O)NC[C@@H]1CCCN1S(=O)(=O)c1cccs1. The van der Waals surface area contributed by atoms with Gasteiger partial charge in [-0.15, -0.1) is 11.3 Å². The fraction of sp³-hybridized carbons (Fsp3) is 0.538. The van der Waals surface area contributed by atoms with Crippen LogP contribution in [0.25, 0.3) is 0 Å². The van der Waals surface area contributed by atoms with Crippen molar-refractivity contribution in [3.63, 3.8) is 0 Å². The lowest BCUT2D eigenvalue weighted by atomic mass is 10.2. The number of aliphatic hydroxyl groups excluding tert-OH is 1. The highest BCUT2D eigenvalue weighted by Gasteiger charge is 2.36. The quantitative estimate of drug-likeness (QED) is 0.570. The third-order valence-electron chi connectivity index (χ3n) is 3.48. The maximum Gasteiger partial charge on any atom is 0.309 e. The average molecular weight is 361 g/mol. The van der Waals surface area contributed by atoms with Crippen LogP contribution in [0.4, 0.5) is 0 Å². The molecule has 0 saturated carbocycles. The van der Waals surface area contributed by atoms with Gasteiger partial charge in [-0.2, -0.15) is 4.31 Å². The lowest BCUT2D eigenvalue weighted by Crippen LogP contribution is -2.47. The molecule has 128 valence electrons. The molecular formula is C13H19N3O5S2. The summed E-state index contributed by atoms with van der Waals surface area (Å²) in [6.45, 7) is 0.219. The van der Waals surface area contributed by atoms with Crippen molar-refractivity contribution in [2.45, 2.75) is 23.1 Å². The molecule has 1 aliphatic heterocycles. The summed E-state index contributed by atoms with van der Waals surface area (Å²) in [6, 6.07) is 2.86. The van der Waals surface area contributed by atoms with Crippen LogP contribution in [0.3, 0.4) is 0 Å². The fourth-order valence-corrected chi connectivity index (χ4v) is 5.21. The van der Waals surface area contributed by atoms with Gasteiger partial charge >= 0.3 is 11.8 Å². The molecule has 23 heavy (non-hydrogen) atoms. The van der Waals surface area contributed by atoms with Crippen LogP contribution in [0.15, 0.2) is 21.7 Å². The minimum absolute atomic E-state index is 0.00539. The first kappa shape index (κ1) is 17.9. The van der Waals surface area contributed by atoms with E-state index < -0.39 is 21.8 Å². The summed E-state index contributed by atoms with van der Waals surface area (Å²) in [6.07, 6.45) is 1.34. The standard InChI is InChI=1S/C13H19N3O5S2/c17-7-5-14-12(18)13(19)15-9-10-3-1-6-16(10)23(20,21)11-4-2-8-22-11/h2,4,8,10,17H,1,3,5-7,9H2,(H,14,18)(H,15,19)/t10-/m0/s1. The van der Waals surface area contributed by atoms with Crippen molar-refractivity contribution >= 4 is 33.2 Å². The van der Waals surface area contributed by atoms with Crippen molar-refractivity contribution in [2.24, 2.45) is 0 Å². The van der Waals surface area contributed by atoms with Gasteiger partial charge in [0.1, 0.15) is 4.21 Å². The number of carbonyl (C=O) groups excluding carboxylic acids is 2. The smallest absolute Gasteiger partial charge is 0.309 e. The van der Waals surface area contributed by atoms with Gasteiger partial charge < -0.3 is 15.7 Å². The number of amides is 2. The Balaban J connectivity index is 1.95. The molecule has 3 N–H and O–H groups in total. The Morgan fingerprint density at radius 2 is 2.09 bits per heavy atom. The first-order valence-electron chi connectivity index (χ1n) is 7.19. The van der Waals surface area contributed by atoms with Crippen LogP contribution < -0.4 is 10.6 Å². The Labute approximate surface area is 138 Å². The second kappa shape index (κ2) is 7.86. The molecule has 8 nitrogen and oxygen atoms in total. The molecule has 2 rings (SSSR count). The van der Waals surface area contributed by atoms with Gasteiger partial charge in [0, 0.05) is 25.7 Å². The van der Waals surface area contributed by atoms with E-state index in [9.17, 15) is 18.0 Å². The minimum atomic E-state index is -3.56. The lowest BCUT2D eigenvalue weighted by Gasteiger charge is -2.23. The number of rotatable bonds is 6. The number of aliphatic hydroxyl groups is 1. The predicted octanol–water partition coefficient (Wildman–Crippen LogP) is -0.874. The van der Waals surface area contributed by atoms with Crippen LogP contribution in [0, 0.1) is 0 Å². The van der Waals surface area contributed by atoms with E-state index in [-0.39, 0.29) is 29.9 Å². The zero-order valence-electron chi connectivity index (χ0n) is 12.4. The molecule has 0 aliphatic carbocycles. The van der Waals surface area contributed by atoms with Crippen LogP contribution in [-0.2, 0) is 19.6 Å². The van der Waals surface area contributed by atoms with Gasteiger partial charge in [-0.25, -0.2) is 8.42 Å². The molecule has 1 aromatic rings. The van der Waals surface area contributed by atoms with Gasteiger partial charge in [0.15, 0.2) is 0 Å². The van der Waals surface area contributed by atoms with E-state index in [4.69, 9.17) is 5.11 Å². The summed E-state index contributed by atoms with van der Waals surface area (Å²) in [5, 5.41) is 15.0. The zero-order chi connectivity index (χ0) is 16.9. The van der Waals surface area contributed by atoms with Crippen LogP contribution in [0.1, 0.15) is 12.8 Å². The molecule has 2 amide bonds. The molecule has 0 bridgehead atoms. The number of carbonyl (C=O) groups is 2. The van der Waals surface area contributed by atoms with E-state index in [1.165, 1.54) is 4.31 Å². The Morgan fingerprint density at radius 1 is 1.35 bits per heavy atom. The summed E-state index contributed by atoms with van der Waals surface area (Å²) >= 11 is 1.15. The van der Waals surface area contributed by atoms with E-state index in [2.05, 4.69) is 10.6 Å². The van der Waals surface area contributed by atoms with Crippen molar-refractivity contribution in [2.75, 3.05) is 26.2 Å². The van der Waals surface area contributed by atoms with Gasteiger partial charge in [-0.3, -0.25) is 9.59 Å². The van der Waals surface area contributed by atoms with Crippen LogP contribution in [0.5, 0.6) is 0 Å². The number of hydrogen-bond donors (Lipinski definition) is 3. The Morgan fingerprint density at radius 3 is 2.74 bits per heavy atom. The molecule has 1 atom stereocenters. The average Bonchev–Trinajstić information content (AvgIpc) is 3.21. The highest BCUT2D eigenvalue weighted by Crippen LogP contribution is 2.28. The van der Waals surface area contributed by atoms with Gasteiger partial charge in [-0.05, 0) is 24.3 Å². The second-order valence-electron chi connectivity index (χ2n) is 5.03. The largest absolute Gasteiger partial charge is 0.395 e. The Hall–Kier alpha value is -1.49. The Bertz CT molecular complexity index is 645. The number of nitrogens with zero attached hydrogens (tertiary/aromatic N) is 1. The summed E-state index contributed by atoms with van der Waals surface area (Å²) in [5.74, 6) is -1.68. The molecule has 0 aromatic carbocycles. The van der Waals surface area contributed by atoms with Crippen LogP contribution in [-0.4, -0.2) is 61.9 Å². The topological polar surface area (TPSA) is 116 Å². The monoisotopic (exact) mass is 361 g/mol. The molecule has 1 aromatic heterocycles. The van der Waals surface area contributed by atoms with Crippen LogP contribution >= 0.6 is 11.3 Å². The van der Waals surface area contributed by atoms with E-state index in [1.807, 2.05) is 0 Å². The summed E-state index contributed by atoms with van der Waals surface area (Å²) < 4.78 is 26.7. The normalized spacial score (nSPS) is 18.7.